The van der Waals surface area contributed by atoms with Crippen molar-refractivity contribution in [2.75, 3.05) is 38.5 Å². The Labute approximate surface area is 126 Å². The fourth-order valence-corrected chi connectivity index (χ4v) is 2.27. The molecule has 0 bridgehead atoms. The Kier molecular flexibility index (Phi) is 7.15. The van der Waals surface area contributed by atoms with Gasteiger partial charge in [0.2, 0.25) is 0 Å². The van der Waals surface area contributed by atoms with E-state index < -0.39 is 5.82 Å². The summed E-state index contributed by atoms with van der Waals surface area (Å²) < 4.78 is 13.5. The van der Waals surface area contributed by atoms with Gasteiger partial charge in [0.05, 0.1) is 5.69 Å². The summed E-state index contributed by atoms with van der Waals surface area (Å²) in [6, 6.07) is 4.23. The van der Waals surface area contributed by atoms with Crippen molar-refractivity contribution < 1.29 is 9.18 Å². The molecule has 0 spiro atoms. The number of nitrogen functional groups attached to an aromatic ring is 1. The summed E-state index contributed by atoms with van der Waals surface area (Å²) in [5, 5.41) is 0. The molecular formula is C16H26FN3O. The first-order valence-corrected chi connectivity index (χ1v) is 7.60. The molecule has 0 aliphatic carbocycles. The van der Waals surface area contributed by atoms with E-state index in [1.807, 2.05) is 6.92 Å². The summed E-state index contributed by atoms with van der Waals surface area (Å²) in [5.74, 6) is -0.684. The molecule has 0 aromatic heterocycles. The fourth-order valence-electron chi connectivity index (χ4n) is 2.27. The zero-order chi connectivity index (χ0) is 15.8. The van der Waals surface area contributed by atoms with Gasteiger partial charge in [0, 0.05) is 18.7 Å². The van der Waals surface area contributed by atoms with E-state index in [1.165, 1.54) is 12.1 Å². The lowest BCUT2D eigenvalue weighted by atomic mass is 10.1. The van der Waals surface area contributed by atoms with Gasteiger partial charge < -0.3 is 15.5 Å². The number of halogens is 1. The third-order valence-corrected chi connectivity index (χ3v) is 3.71. The third-order valence-electron chi connectivity index (χ3n) is 3.71. The number of nitrogens with zero attached hydrogens (tertiary/aromatic N) is 2. The number of benzene rings is 1. The average Bonchev–Trinajstić information content (AvgIpc) is 2.50. The van der Waals surface area contributed by atoms with E-state index in [9.17, 15) is 9.18 Å². The Morgan fingerprint density at radius 1 is 1.14 bits per heavy atom. The topological polar surface area (TPSA) is 49.6 Å². The molecule has 1 rings (SSSR count). The predicted octanol–water partition coefficient (Wildman–Crippen LogP) is 2.60. The van der Waals surface area contributed by atoms with Gasteiger partial charge in [0.25, 0.3) is 5.91 Å². The largest absolute Gasteiger partial charge is 0.396 e. The van der Waals surface area contributed by atoms with Crippen LogP contribution in [0.3, 0.4) is 0 Å². The van der Waals surface area contributed by atoms with Crippen LogP contribution in [0.5, 0.6) is 0 Å². The number of anilines is 1. The van der Waals surface area contributed by atoms with Crippen LogP contribution in [0.4, 0.5) is 10.1 Å². The first-order chi connectivity index (χ1) is 10.0. The highest BCUT2D eigenvalue weighted by atomic mass is 19.1. The van der Waals surface area contributed by atoms with E-state index in [4.69, 9.17) is 5.73 Å². The lowest BCUT2D eigenvalue weighted by Crippen LogP contribution is -2.34. The van der Waals surface area contributed by atoms with Crippen LogP contribution >= 0.6 is 0 Å². The van der Waals surface area contributed by atoms with Crippen molar-refractivity contribution in [3.05, 3.63) is 29.6 Å². The Bertz CT molecular complexity index is 461. The molecule has 2 N–H and O–H groups in total. The molecule has 1 amide bonds. The van der Waals surface area contributed by atoms with Crippen LogP contribution in [-0.4, -0.2) is 48.4 Å². The molecular weight excluding hydrogens is 269 g/mol. The summed E-state index contributed by atoms with van der Waals surface area (Å²) in [4.78, 5) is 16.4. The maximum Gasteiger partial charge on any atom is 0.253 e. The minimum Gasteiger partial charge on any atom is -0.396 e. The van der Waals surface area contributed by atoms with E-state index in [0.29, 0.717) is 18.7 Å². The SMILES string of the molecule is CCN(CC)CCCN(CC)C(=O)c1ccc(N)c(F)c1. The lowest BCUT2D eigenvalue weighted by molar-refractivity contribution is 0.0757. The Morgan fingerprint density at radius 2 is 1.81 bits per heavy atom. The van der Waals surface area contributed by atoms with E-state index in [1.54, 1.807) is 11.0 Å². The molecule has 0 saturated carbocycles. The highest BCUT2D eigenvalue weighted by Gasteiger charge is 2.15. The van der Waals surface area contributed by atoms with E-state index in [-0.39, 0.29) is 11.6 Å². The average molecular weight is 295 g/mol. The van der Waals surface area contributed by atoms with Crippen LogP contribution in [0, 0.1) is 5.82 Å². The number of rotatable bonds is 8. The summed E-state index contributed by atoms with van der Waals surface area (Å²) in [7, 11) is 0. The van der Waals surface area contributed by atoms with Gasteiger partial charge in [-0.3, -0.25) is 4.79 Å². The minimum absolute atomic E-state index is 0.0659. The van der Waals surface area contributed by atoms with Crippen molar-refractivity contribution in [2.45, 2.75) is 27.2 Å². The number of amides is 1. The van der Waals surface area contributed by atoms with Crippen molar-refractivity contribution in [3.63, 3.8) is 0 Å². The normalized spacial score (nSPS) is 10.9. The molecule has 0 saturated heterocycles. The summed E-state index contributed by atoms with van der Waals surface area (Å²) in [6.45, 7) is 10.5. The quantitative estimate of drug-likeness (QED) is 0.750. The fraction of sp³-hybridized carbons (Fsp3) is 0.562. The van der Waals surface area contributed by atoms with E-state index in [0.717, 1.165) is 26.1 Å². The molecule has 5 heteroatoms. The first kappa shape index (κ1) is 17.4. The summed E-state index contributed by atoms with van der Waals surface area (Å²) >= 11 is 0. The van der Waals surface area contributed by atoms with Gasteiger partial charge >= 0.3 is 0 Å². The molecule has 0 radical (unpaired) electrons. The van der Waals surface area contributed by atoms with Crippen LogP contribution in [0.2, 0.25) is 0 Å². The highest BCUT2D eigenvalue weighted by Crippen LogP contribution is 2.14. The van der Waals surface area contributed by atoms with Crippen LogP contribution < -0.4 is 5.73 Å². The molecule has 0 atom stereocenters. The standard InChI is InChI=1S/C16H26FN3O/c1-4-19(5-2)10-7-11-20(6-3)16(21)13-8-9-15(18)14(17)12-13/h8-9,12H,4-7,10-11,18H2,1-3H3. The van der Waals surface area contributed by atoms with E-state index in [2.05, 4.69) is 18.7 Å². The molecule has 4 nitrogen and oxygen atoms in total. The predicted molar refractivity (Wildman–Crippen MR) is 84.8 cm³/mol. The van der Waals surface area contributed by atoms with Gasteiger partial charge in [0.1, 0.15) is 5.82 Å². The van der Waals surface area contributed by atoms with Crippen molar-refractivity contribution in [3.8, 4) is 0 Å². The first-order valence-electron chi connectivity index (χ1n) is 7.60. The highest BCUT2D eigenvalue weighted by molar-refractivity contribution is 5.94. The molecule has 0 aliphatic rings. The molecule has 1 aromatic rings. The second-order valence-electron chi connectivity index (χ2n) is 5.00. The molecule has 0 aliphatic heterocycles. The van der Waals surface area contributed by atoms with Gasteiger partial charge in [-0.25, -0.2) is 4.39 Å². The zero-order valence-corrected chi connectivity index (χ0v) is 13.2. The molecule has 0 fully saturated rings. The van der Waals surface area contributed by atoms with Crippen molar-refractivity contribution in [2.24, 2.45) is 0 Å². The molecule has 0 unspecified atom stereocenters. The molecule has 1 aromatic carbocycles. The van der Waals surface area contributed by atoms with Crippen LogP contribution in [0.25, 0.3) is 0 Å². The monoisotopic (exact) mass is 295 g/mol. The van der Waals surface area contributed by atoms with Crippen molar-refractivity contribution in [1.29, 1.82) is 0 Å². The molecule has 118 valence electrons. The Morgan fingerprint density at radius 3 is 2.33 bits per heavy atom. The lowest BCUT2D eigenvalue weighted by Gasteiger charge is -2.23. The Balaban J connectivity index is 2.62. The van der Waals surface area contributed by atoms with Crippen molar-refractivity contribution in [1.82, 2.24) is 9.80 Å². The molecule has 21 heavy (non-hydrogen) atoms. The summed E-state index contributed by atoms with van der Waals surface area (Å²) in [5.41, 5.74) is 5.86. The Hall–Kier alpha value is -1.62. The van der Waals surface area contributed by atoms with Gasteiger partial charge in [-0.1, -0.05) is 13.8 Å². The van der Waals surface area contributed by atoms with Crippen LogP contribution in [0.15, 0.2) is 18.2 Å². The number of carbonyl (C=O) groups is 1. The second-order valence-corrected chi connectivity index (χ2v) is 5.00. The maximum absolute atomic E-state index is 13.5. The van der Waals surface area contributed by atoms with Crippen LogP contribution in [-0.2, 0) is 0 Å². The number of hydrogen-bond donors (Lipinski definition) is 1. The van der Waals surface area contributed by atoms with Gasteiger partial charge in [-0.15, -0.1) is 0 Å². The van der Waals surface area contributed by atoms with Gasteiger partial charge in [0.15, 0.2) is 0 Å². The minimum atomic E-state index is -0.542. The van der Waals surface area contributed by atoms with E-state index >= 15 is 0 Å². The number of hydrogen-bond acceptors (Lipinski definition) is 3. The summed E-state index contributed by atoms with van der Waals surface area (Å²) in [6.07, 6.45) is 0.915. The molecule has 0 heterocycles. The van der Waals surface area contributed by atoms with Gasteiger partial charge in [-0.05, 0) is 51.2 Å². The second kappa shape index (κ2) is 8.62. The zero-order valence-electron chi connectivity index (χ0n) is 13.2. The smallest absolute Gasteiger partial charge is 0.253 e. The van der Waals surface area contributed by atoms with Crippen molar-refractivity contribution >= 4 is 11.6 Å². The van der Waals surface area contributed by atoms with Crippen LogP contribution in [0.1, 0.15) is 37.6 Å². The number of nitrogens with two attached hydrogens (primary N) is 1. The number of carbonyl (C=O) groups excluding carboxylic acids is 1. The van der Waals surface area contributed by atoms with Gasteiger partial charge in [-0.2, -0.15) is 0 Å². The maximum atomic E-state index is 13.5. The third kappa shape index (κ3) is 5.01.